The molecule has 5 aromatic heterocycles. The number of piperazine rings is 2. The number of sulfonamides is 3. The number of aromatic nitrogens is 7. The largest absolute Gasteiger partial charge is 0.768 e. The molecule has 19 rings (SSSR count). The summed E-state index contributed by atoms with van der Waals surface area (Å²) in [5, 5.41) is 9.31. The molecule has 2 unspecified atom stereocenters. The number of thiazole rings is 3. The molecule has 5 saturated heterocycles. The highest BCUT2D eigenvalue weighted by Gasteiger charge is 2.43. The van der Waals surface area contributed by atoms with Gasteiger partial charge in [-0.05, 0) is 218 Å². The lowest BCUT2D eigenvalue weighted by Gasteiger charge is -2.40. The van der Waals surface area contributed by atoms with E-state index in [9.17, 15) is 75.1 Å². The summed E-state index contributed by atoms with van der Waals surface area (Å²) in [5.74, 6) is -0.148. The fraction of sp³-hybridized carbons (Fsp3) is 0.253. The molecule has 4 amide bonds. The summed E-state index contributed by atoms with van der Waals surface area (Å²) in [6.07, 6.45) is 9.96. The monoisotopic (exact) mass is 2000 g/mol. The van der Waals surface area contributed by atoms with Gasteiger partial charge in [0.1, 0.15) is 35.6 Å². The number of carbonyl (C=O) groups excluding carboxylic acids is 4. The maximum Gasteiger partial charge on any atom is 0.416 e. The zero-order chi connectivity index (χ0) is 95.8. The van der Waals surface area contributed by atoms with Crippen LogP contribution in [0.15, 0.2) is 280 Å². The number of carbonyl (C=O) groups is 4. The first kappa shape index (κ1) is 97.3. The Morgan fingerprint density at radius 1 is 0.559 bits per heavy atom. The van der Waals surface area contributed by atoms with Crippen LogP contribution in [0.5, 0.6) is 5.75 Å². The summed E-state index contributed by atoms with van der Waals surface area (Å²) in [6.45, 7) is 9.71. The van der Waals surface area contributed by atoms with E-state index in [-0.39, 0.29) is 94.4 Å². The van der Waals surface area contributed by atoms with Gasteiger partial charge in [-0.15, -0.1) is 34.0 Å². The number of ether oxygens (including phenoxy) is 1. The van der Waals surface area contributed by atoms with Gasteiger partial charge in [-0.1, -0.05) is 24.3 Å². The molecule has 0 aliphatic carbocycles. The Morgan fingerprint density at radius 3 is 1.63 bits per heavy atom. The molecule has 0 spiro atoms. The number of benzene rings is 8. The second-order valence-electron chi connectivity index (χ2n) is 31.4. The second kappa shape index (κ2) is 43.6. The van der Waals surface area contributed by atoms with Gasteiger partial charge in [0.05, 0.1) is 39.2 Å². The summed E-state index contributed by atoms with van der Waals surface area (Å²) in [6, 6.07) is 49.8. The van der Waals surface area contributed by atoms with Crippen LogP contribution in [0.25, 0.3) is 5.69 Å². The predicted molar refractivity (Wildman–Crippen MR) is 524 cm³/mol. The van der Waals surface area contributed by atoms with E-state index in [0.717, 1.165) is 84.3 Å². The maximum absolute atomic E-state index is 13.5. The van der Waals surface area contributed by atoms with Crippen molar-refractivity contribution in [2.24, 2.45) is 0 Å². The molecule has 0 radical (unpaired) electrons. The van der Waals surface area contributed by atoms with Crippen LogP contribution in [-0.2, 0) is 72.9 Å². The summed E-state index contributed by atoms with van der Waals surface area (Å²) < 4.78 is 179. The number of fused-ring (bicyclic) bond motifs is 1. The molecule has 0 saturated carbocycles. The summed E-state index contributed by atoms with van der Waals surface area (Å²) in [4.78, 5) is 90.3. The van der Waals surface area contributed by atoms with Crippen molar-refractivity contribution in [1.29, 1.82) is 0 Å². The van der Waals surface area contributed by atoms with Crippen molar-refractivity contribution in [2.75, 3.05) is 135 Å². The van der Waals surface area contributed by atoms with E-state index in [2.05, 4.69) is 71.0 Å². The number of anilines is 10. The number of rotatable bonds is 24. The van der Waals surface area contributed by atoms with Gasteiger partial charge in [-0.2, -0.15) is 13.2 Å². The first-order valence-electron chi connectivity index (χ1n) is 42.6. The van der Waals surface area contributed by atoms with Crippen molar-refractivity contribution in [1.82, 2.24) is 49.2 Å². The minimum Gasteiger partial charge on any atom is -0.768 e. The van der Waals surface area contributed by atoms with E-state index in [1.807, 2.05) is 46.5 Å². The molecule has 6 N–H and O–H groups in total. The summed E-state index contributed by atoms with van der Waals surface area (Å²) in [5.41, 5.74) is 10.9. The Labute approximate surface area is 805 Å². The highest BCUT2D eigenvalue weighted by Crippen LogP contribution is 2.40. The smallest absolute Gasteiger partial charge is 0.416 e. The molecule has 45 heteroatoms. The standard InChI is InChI=1S/C22H19F3N4O3S2.C22H23FN6O3S.C22H26FN3O3S.C22H19N5O4S2.C3H4N2S.7H2/c23-22(24,25)15-2-1-14-7-10-29(19(14)13-15)18-8-11-28(20(18)30)16-3-5-17(6-4-16)34(31,32)27-21-26-9-12-33-21;23-17-2-1-3-18(14-17)25-15-22(30)29-12-10-28(11-13-29)19-4-6-20(7-5-19)33(31,32)27-21-8-9-24-16-26-21;1-16(17-3-2-4-18(23)15-17)24-11-13-25(14-12-24)21-9-10-26(22(21)27)19-5-7-20(8-6-19)30(28)29;28-21-20(31-18-5-1-16(2-6-18)26-13-10-23-15-26)9-12-27(21)17-3-7-19(8-4-17)33(29,30)25-22-24-11-14-32-22;4-3-5-1-2-6-3;;;;;;;/h1-6,9,12-13,18H,7-8,10-11H2,(H,26,27);1-9,14,16,25H,10-13,15H2,(H,24,26,27);2-8,15-16,21H,9-14H2,1H3,(H,28,29);1-8,10-11,13-15,20H,9,12H2,(H,24,25);1-2H,(H2,4,5);7*1H/p-1/t18-;;16-,21-;;;;;;;;;/m0.0........./s1. The lowest BCUT2D eigenvalue weighted by molar-refractivity contribution is -0.137. The molecule has 724 valence electrons. The molecule has 5 fully saturated rings. The van der Waals surface area contributed by atoms with Gasteiger partial charge < -0.3 is 54.3 Å². The second-order valence-corrected chi connectivity index (χ2v) is 40.1. The third-order valence-electron chi connectivity index (χ3n) is 23.1. The zero-order valence-corrected chi connectivity index (χ0v) is 78.2. The van der Waals surface area contributed by atoms with Gasteiger partial charge in [0.2, 0.25) is 17.7 Å². The third-order valence-corrected chi connectivity index (χ3v) is 30.0. The molecule has 6 aliphatic rings. The van der Waals surface area contributed by atoms with Crippen LogP contribution in [0.1, 0.15) is 58.9 Å². The SMILES string of the molecule is C[C@@H](c1cccc(F)c1)N1CCN([C@H]2CCN(c3ccc(S(=O)[O-])cc3)C2=O)CC1.Nc1nccs1.O=C(CNc1cccc(F)c1)N1CCN(c2ccc(S(=O)(=O)Nc3ccncn3)cc2)CC1.O=C1C(Oc2ccc(-n3ccnc3)cc2)CCN1c1ccc(S(=O)(=O)Nc2nccs2)cc1.O=C1[C@@H](N2CCc3ccc(C(F)(F)F)cc32)CCN1c1ccc(S(=O)(=O)Nc2nccs2)cc1.[HH].[HH].[HH].[HH].[HH].[HH].[HH]. The number of amides is 4. The van der Waals surface area contributed by atoms with Gasteiger partial charge in [0.25, 0.3) is 36.0 Å². The zero-order valence-electron chi connectivity index (χ0n) is 72.5. The fourth-order valence-corrected chi connectivity index (χ4v) is 21.4. The first-order valence-corrected chi connectivity index (χ1v) is 50.7. The van der Waals surface area contributed by atoms with Crippen LogP contribution in [0, 0.1) is 11.6 Å². The Bertz CT molecular complexity index is 6670. The number of nitrogens with one attached hydrogen (secondary N) is 4. The number of nitrogen functional groups attached to an aromatic ring is 1. The lowest BCUT2D eigenvalue weighted by atomic mass is 10.1. The minimum absolute atomic E-state index is 0. The predicted octanol–water partition coefficient (Wildman–Crippen LogP) is 14.6. The molecule has 8 aromatic carbocycles. The molecule has 13 aromatic rings. The summed E-state index contributed by atoms with van der Waals surface area (Å²) in [7, 11) is -11.3. The van der Waals surface area contributed by atoms with E-state index >= 15 is 0 Å². The minimum atomic E-state index is -4.45. The normalized spacial score (nSPS) is 17.4. The van der Waals surface area contributed by atoms with E-state index in [1.165, 1.54) is 114 Å². The highest BCUT2D eigenvalue weighted by atomic mass is 32.2. The Balaban J connectivity index is 0.000000225. The quantitative estimate of drug-likeness (QED) is 0.0277. The van der Waals surface area contributed by atoms with Gasteiger partial charge in [0.15, 0.2) is 21.5 Å². The molecule has 6 aliphatic heterocycles. The number of hydrogen-bond acceptors (Lipinski definition) is 28. The van der Waals surface area contributed by atoms with Crippen molar-refractivity contribution >= 4 is 154 Å². The number of halogens is 5. The van der Waals surface area contributed by atoms with Crippen LogP contribution in [0.2, 0.25) is 0 Å². The van der Waals surface area contributed by atoms with Crippen LogP contribution >= 0.6 is 34.0 Å². The number of hydrogen-bond donors (Lipinski definition) is 5. The van der Waals surface area contributed by atoms with Crippen molar-refractivity contribution < 1.29 is 89.9 Å². The Kier molecular flexibility index (Phi) is 31.2. The summed E-state index contributed by atoms with van der Waals surface area (Å²) >= 11 is 1.53. The van der Waals surface area contributed by atoms with Gasteiger partial charge in [0, 0.05) is 199 Å². The van der Waals surface area contributed by atoms with E-state index in [1.54, 1.807) is 139 Å². The molecular weight excluding hydrogens is 1900 g/mol. The molecule has 5 atom stereocenters. The first-order chi connectivity index (χ1) is 65.4. The van der Waals surface area contributed by atoms with Crippen molar-refractivity contribution in [3.05, 3.63) is 288 Å². The average molecular weight is 2010 g/mol. The molecule has 11 heterocycles. The molecular formula is C91H104F5N20O13S7-. The van der Waals surface area contributed by atoms with Gasteiger partial charge in [-0.3, -0.25) is 47.4 Å². The van der Waals surface area contributed by atoms with Crippen LogP contribution in [0.4, 0.5) is 77.3 Å². The Hall–Kier alpha value is -13.3. The fourth-order valence-electron chi connectivity index (χ4n) is 16.0. The van der Waals surface area contributed by atoms with Crippen molar-refractivity contribution in [2.45, 2.75) is 82.6 Å². The highest BCUT2D eigenvalue weighted by molar-refractivity contribution is 7.93. The maximum atomic E-state index is 13.5. The molecule has 136 heavy (non-hydrogen) atoms. The van der Waals surface area contributed by atoms with Gasteiger partial charge >= 0.3 is 6.18 Å². The average Bonchev–Trinajstić information content (AvgIpc) is 1.62. The van der Waals surface area contributed by atoms with Crippen LogP contribution in [0.3, 0.4) is 0 Å². The van der Waals surface area contributed by atoms with E-state index < -0.39 is 65.0 Å². The lowest BCUT2D eigenvalue weighted by Crippen LogP contribution is -2.52. The van der Waals surface area contributed by atoms with Crippen molar-refractivity contribution in [3.63, 3.8) is 0 Å². The van der Waals surface area contributed by atoms with Crippen LogP contribution in [-0.4, -0.2) is 210 Å². The Morgan fingerprint density at radius 2 is 1.10 bits per heavy atom. The topological polar surface area (TPSA) is 402 Å². The molecule has 33 nitrogen and oxygen atoms in total. The number of alkyl halides is 3. The number of nitrogens with two attached hydrogens (primary N) is 1. The third kappa shape index (κ3) is 24.5. The van der Waals surface area contributed by atoms with E-state index in [0.29, 0.717) is 110 Å². The van der Waals surface area contributed by atoms with Crippen LogP contribution < -0.4 is 54.5 Å². The van der Waals surface area contributed by atoms with Crippen molar-refractivity contribution in [3.8, 4) is 11.4 Å². The molecule has 0 bridgehead atoms. The number of imidazole rings is 1. The number of nitrogens with zero attached hydrogens (tertiary/aromatic N) is 15. The van der Waals surface area contributed by atoms with Gasteiger partial charge in [-0.25, -0.2) is 63.9 Å². The van der Waals surface area contributed by atoms with E-state index in [4.69, 9.17) is 10.5 Å².